The lowest BCUT2D eigenvalue weighted by Gasteiger charge is -2.11. The number of rotatable bonds is 7. The minimum Gasteiger partial charge on any atom is -0.493 e. The Hall–Kier alpha value is -2.90. The van der Waals surface area contributed by atoms with E-state index < -0.39 is 10.8 Å². The second kappa shape index (κ2) is 6.69. The van der Waals surface area contributed by atoms with Gasteiger partial charge in [-0.05, 0) is 31.7 Å². The fraction of sp³-hybridized carbons (Fsp3) is 0.375. The molecule has 1 aliphatic rings. The molecule has 8 nitrogen and oxygen atoms in total. The van der Waals surface area contributed by atoms with Crippen LogP contribution in [0.3, 0.4) is 0 Å². The number of para-hydroxylation sites is 1. The van der Waals surface area contributed by atoms with Crippen molar-refractivity contribution in [1.82, 2.24) is 15.5 Å². The number of nitrogens with zero attached hydrogens (tertiary/aromatic N) is 2. The number of H-pyrrole nitrogens is 1. The molecule has 0 atom stereocenters. The van der Waals surface area contributed by atoms with Crippen molar-refractivity contribution in [2.24, 2.45) is 5.92 Å². The molecule has 24 heavy (non-hydrogen) atoms. The summed E-state index contributed by atoms with van der Waals surface area (Å²) in [6.45, 7) is 2.39. The van der Waals surface area contributed by atoms with E-state index in [4.69, 9.17) is 4.74 Å². The molecule has 1 aromatic carbocycles. The third-order valence-electron chi connectivity index (χ3n) is 3.90. The quantitative estimate of drug-likeness (QED) is 0.598. The van der Waals surface area contributed by atoms with E-state index in [1.54, 1.807) is 0 Å². The maximum atomic E-state index is 12.2. The van der Waals surface area contributed by atoms with Crippen molar-refractivity contribution < 1.29 is 14.5 Å². The number of carbonyl (C=O) groups is 1. The highest BCUT2D eigenvalue weighted by atomic mass is 16.6. The third-order valence-corrected chi connectivity index (χ3v) is 3.90. The van der Waals surface area contributed by atoms with Gasteiger partial charge in [-0.1, -0.05) is 18.2 Å². The number of benzene rings is 1. The van der Waals surface area contributed by atoms with Crippen LogP contribution in [0.4, 0.5) is 5.69 Å². The summed E-state index contributed by atoms with van der Waals surface area (Å²) < 4.78 is 5.78. The van der Waals surface area contributed by atoms with Crippen LogP contribution < -0.4 is 10.1 Å². The van der Waals surface area contributed by atoms with Gasteiger partial charge in [0.15, 0.2) is 0 Å². The minimum absolute atomic E-state index is 0.211. The van der Waals surface area contributed by atoms with E-state index in [0.29, 0.717) is 12.5 Å². The number of hydrogen-bond acceptors (Lipinski definition) is 5. The number of carbonyl (C=O) groups excluding carboxylic acids is 1. The zero-order chi connectivity index (χ0) is 17.1. The monoisotopic (exact) mass is 330 g/mol. The van der Waals surface area contributed by atoms with Gasteiger partial charge in [-0.3, -0.25) is 20.0 Å². The number of aromatic nitrogens is 2. The fourth-order valence-corrected chi connectivity index (χ4v) is 2.35. The first-order chi connectivity index (χ1) is 11.6. The Kier molecular flexibility index (Phi) is 4.45. The van der Waals surface area contributed by atoms with Gasteiger partial charge in [0.25, 0.3) is 5.91 Å². The normalized spacial score (nSPS) is 13.5. The maximum absolute atomic E-state index is 12.2. The minimum atomic E-state index is -0.611. The van der Waals surface area contributed by atoms with Gasteiger partial charge in [0.05, 0.1) is 11.5 Å². The first-order valence-corrected chi connectivity index (χ1v) is 7.74. The van der Waals surface area contributed by atoms with Gasteiger partial charge < -0.3 is 10.1 Å². The highest BCUT2D eigenvalue weighted by Gasteiger charge is 2.27. The summed E-state index contributed by atoms with van der Waals surface area (Å²) in [6, 6.07) is 7.43. The molecule has 0 bridgehead atoms. The Bertz CT molecular complexity index is 767. The Morgan fingerprint density at radius 3 is 2.92 bits per heavy atom. The Labute approximate surface area is 138 Å². The number of amides is 1. The fourth-order valence-electron chi connectivity index (χ4n) is 2.35. The highest BCUT2D eigenvalue weighted by molar-refractivity contribution is 5.96. The number of ether oxygens (including phenoxy) is 1. The molecule has 1 fully saturated rings. The van der Waals surface area contributed by atoms with E-state index in [1.165, 1.54) is 19.8 Å². The van der Waals surface area contributed by atoms with E-state index in [-0.39, 0.29) is 23.6 Å². The van der Waals surface area contributed by atoms with Crippen LogP contribution in [0.15, 0.2) is 24.3 Å². The molecule has 3 rings (SSSR count). The van der Waals surface area contributed by atoms with Crippen LogP contribution in [-0.4, -0.2) is 27.6 Å². The molecule has 0 unspecified atom stereocenters. The smallest absolute Gasteiger partial charge is 0.322 e. The largest absolute Gasteiger partial charge is 0.493 e. The molecule has 0 saturated heterocycles. The number of hydrogen-bond donors (Lipinski definition) is 2. The number of aromatic amines is 1. The summed E-state index contributed by atoms with van der Waals surface area (Å²) in [6.07, 6.45) is 2.39. The summed E-state index contributed by atoms with van der Waals surface area (Å²) >= 11 is 0. The van der Waals surface area contributed by atoms with Crippen molar-refractivity contribution in [3.8, 4) is 5.75 Å². The van der Waals surface area contributed by atoms with Gasteiger partial charge in [-0.25, -0.2) is 0 Å². The van der Waals surface area contributed by atoms with Crippen molar-refractivity contribution in [2.75, 3.05) is 6.61 Å². The van der Waals surface area contributed by atoms with E-state index in [1.807, 2.05) is 24.3 Å². The van der Waals surface area contributed by atoms with Gasteiger partial charge in [-0.2, -0.15) is 5.10 Å². The first kappa shape index (κ1) is 16.0. The topological polar surface area (TPSA) is 110 Å². The van der Waals surface area contributed by atoms with Crippen LogP contribution in [-0.2, 0) is 6.54 Å². The molecule has 0 aliphatic heterocycles. The van der Waals surface area contributed by atoms with E-state index in [9.17, 15) is 14.9 Å². The molecular formula is C16H18N4O4. The van der Waals surface area contributed by atoms with E-state index in [0.717, 1.165) is 11.3 Å². The van der Waals surface area contributed by atoms with Crippen LogP contribution in [0.1, 0.15) is 34.6 Å². The van der Waals surface area contributed by atoms with Crippen molar-refractivity contribution in [2.45, 2.75) is 26.3 Å². The maximum Gasteiger partial charge on any atom is 0.322 e. The molecule has 1 aromatic heterocycles. The Morgan fingerprint density at radius 1 is 1.46 bits per heavy atom. The van der Waals surface area contributed by atoms with E-state index >= 15 is 0 Å². The first-order valence-electron chi connectivity index (χ1n) is 7.74. The van der Waals surface area contributed by atoms with Crippen molar-refractivity contribution >= 4 is 11.6 Å². The van der Waals surface area contributed by atoms with Crippen molar-refractivity contribution in [3.05, 3.63) is 51.3 Å². The van der Waals surface area contributed by atoms with Gasteiger partial charge in [0.1, 0.15) is 11.4 Å². The molecule has 1 saturated carbocycles. The molecular weight excluding hydrogens is 312 g/mol. The van der Waals surface area contributed by atoms with Crippen molar-refractivity contribution in [1.29, 1.82) is 0 Å². The molecule has 8 heteroatoms. The summed E-state index contributed by atoms with van der Waals surface area (Å²) in [5.74, 6) is 0.753. The van der Waals surface area contributed by atoms with Crippen LogP contribution >= 0.6 is 0 Å². The van der Waals surface area contributed by atoms with Crippen LogP contribution in [0.5, 0.6) is 5.75 Å². The SMILES string of the molecule is Cc1[nH]nc(C(=O)NCc2ccccc2OCC2CC2)c1[N+](=O)[O-]. The molecule has 1 aliphatic carbocycles. The standard InChI is InChI=1S/C16H18N4O4/c1-10-15(20(22)23)14(19-18-10)16(21)17-8-12-4-2-3-5-13(12)24-9-11-6-7-11/h2-5,11H,6-9H2,1H3,(H,17,21)(H,18,19). The second-order valence-corrected chi connectivity index (χ2v) is 5.85. The predicted molar refractivity (Wildman–Crippen MR) is 85.8 cm³/mol. The zero-order valence-electron chi connectivity index (χ0n) is 13.2. The van der Waals surface area contributed by atoms with Gasteiger partial charge in [0, 0.05) is 12.1 Å². The molecule has 2 N–H and O–H groups in total. The molecule has 0 radical (unpaired) electrons. The third kappa shape index (κ3) is 3.53. The lowest BCUT2D eigenvalue weighted by atomic mass is 10.2. The lowest BCUT2D eigenvalue weighted by molar-refractivity contribution is -0.385. The van der Waals surface area contributed by atoms with Gasteiger partial charge in [-0.15, -0.1) is 0 Å². The lowest BCUT2D eigenvalue weighted by Crippen LogP contribution is -2.24. The molecule has 2 aromatic rings. The average Bonchev–Trinajstić information content (AvgIpc) is 3.31. The summed E-state index contributed by atoms with van der Waals surface area (Å²) in [5, 5.41) is 19.9. The van der Waals surface area contributed by atoms with Crippen molar-refractivity contribution in [3.63, 3.8) is 0 Å². The summed E-state index contributed by atoms with van der Waals surface area (Å²) in [4.78, 5) is 22.6. The number of nitrogens with one attached hydrogen (secondary N) is 2. The molecule has 1 amide bonds. The zero-order valence-corrected chi connectivity index (χ0v) is 13.2. The van der Waals surface area contributed by atoms with Crippen LogP contribution in [0.2, 0.25) is 0 Å². The Balaban J connectivity index is 1.67. The summed E-state index contributed by atoms with van der Waals surface area (Å²) in [5.41, 5.74) is 0.555. The van der Waals surface area contributed by atoms with Gasteiger partial charge in [0.2, 0.25) is 5.69 Å². The summed E-state index contributed by atoms with van der Waals surface area (Å²) in [7, 11) is 0. The van der Waals surface area contributed by atoms with Crippen LogP contribution in [0.25, 0.3) is 0 Å². The Morgan fingerprint density at radius 2 is 2.21 bits per heavy atom. The average molecular weight is 330 g/mol. The van der Waals surface area contributed by atoms with Gasteiger partial charge >= 0.3 is 5.69 Å². The highest BCUT2D eigenvalue weighted by Crippen LogP contribution is 2.30. The molecule has 0 spiro atoms. The number of aryl methyl sites for hydroxylation is 1. The number of nitro groups is 1. The molecule has 1 heterocycles. The second-order valence-electron chi connectivity index (χ2n) is 5.85. The predicted octanol–water partition coefficient (Wildman–Crippen LogP) is 2.35. The van der Waals surface area contributed by atoms with E-state index in [2.05, 4.69) is 15.5 Å². The molecule has 126 valence electrons. The van der Waals surface area contributed by atoms with Crippen LogP contribution in [0, 0.1) is 23.0 Å².